The molecule has 0 aliphatic carbocycles. The fourth-order valence-electron chi connectivity index (χ4n) is 3.97. The van der Waals surface area contributed by atoms with Gasteiger partial charge in [-0.15, -0.1) is 0 Å². The number of halogens is 1. The molecular weight excluding hydrogens is 552 g/mol. The number of carbonyl (C=O) groups excluding carboxylic acids is 3. The van der Waals surface area contributed by atoms with Gasteiger partial charge in [-0.25, -0.2) is 9.69 Å². The second-order valence-corrected chi connectivity index (χ2v) is 9.46. The Morgan fingerprint density at radius 3 is 2.37 bits per heavy atom. The predicted octanol–water partition coefficient (Wildman–Crippen LogP) is 5.45. The summed E-state index contributed by atoms with van der Waals surface area (Å²) in [6, 6.07) is 16.9. The third-order valence-electron chi connectivity index (χ3n) is 5.83. The Hall–Kier alpha value is -4.11. The monoisotopic (exact) mass is 578 g/mol. The molecule has 38 heavy (non-hydrogen) atoms. The zero-order valence-corrected chi connectivity index (χ0v) is 22.8. The number of imide groups is 2. The second kappa shape index (κ2) is 12.0. The van der Waals surface area contributed by atoms with Crippen LogP contribution in [0, 0.1) is 6.92 Å². The molecule has 4 rings (SSSR count). The molecule has 196 valence electrons. The van der Waals surface area contributed by atoms with Gasteiger partial charge in [0.2, 0.25) is 0 Å². The number of carbonyl (C=O) groups is 3. The van der Waals surface area contributed by atoms with E-state index in [2.05, 4.69) is 34.2 Å². The van der Waals surface area contributed by atoms with Gasteiger partial charge >= 0.3 is 6.03 Å². The molecule has 3 aromatic carbocycles. The van der Waals surface area contributed by atoms with Gasteiger partial charge in [0.05, 0.1) is 12.8 Å². The zero-order chi connectivity index (χ0) is 27.2. The van der Waals surface area contributed by atoms with Crippen molar-refractivity contribution < 1.29 is 28.6 Å². The molecule has 4 amide bonds. The molecule has 1 aliphatic rings. The molecule has 1 aliphatic heterocycles. The van der Waals surface area contributed by atoms with Crippen molar-refractivity contribution >= 4 is 45.5 Å². The minimum Gasteiger partial charge on any atom is -0.497 e. The normalized spacial score (nSPS) is 14.5. The highest BCUT2D eigenvalue weighted by Gasteiger charge is 2.37. The van der Waals surface area contributed by atoms with Gasteiger partial charge in [0, 0.05) is 10.0 Å². The van der Waals surface area contributed by atoms with Crippen LogP contribution in [0.5, 0.6) is 17.2 Å². The lowest BCUT2D eigenvalue weighted by Gasteiger charge is -2.26. The first-order chi connectivity index (χ1) is 18.3. The van der Waals surface area contributed by atoms with Gasteiger partial charge in [-0.2, -0.15) is 0 Å². The maximum absolute atomic E-state index is 13.3. The lowest BCUT2D eigenvalue weighted by Crippen LogP contribution is -2.54. The van der Waals surface area contributed by atoms with Gasteiger partial charge in [-0.1, -0.05) is 28.9 Å². The van der Waals surface area contributed by atoms with Crippen molar-refractivity contribution in [2.24, 2.45) is 0 Å². The van der Waals surface area contributed by atoms with Crippen molar-refractivity contribution in [1.29, 1.82) is 0 Å². The van der Waals surface area contributed by atoms with E-state index < -0.39 is 17.8 Å². The summed E-state index contributed by atoms with van der Waals surface area (Å²) in [5, 5.41) is 2.23. The van der Waals surface area contributed by atoms with E-state index in [0.717, 1.165) is 27.1 Å². The van der Waals surface area contributed by atoms with Crippen LogP contribution < -0.4 is 24.4 Å². The summed E-state index contributed by atoms with van der Waals surface area (Å²) in [5.41, 5.74) is 2.91. The van der Waals surface area contributed by atoms with Gasteiger partial charge in [0.15, 0.2) is 0 Å². The Balaban J connectivity index is 1.53. The highest BCUT2D eigenvalue weighted by Crippen LogP contribution is 2.29. The summed E-state index contributed by atoms with van der Waals surface area (Å²) >= 11 is 3.42. The van der Waals surface area contributed by atoms with Crippen LogP contribution >= 0.6 is 15.9 Å². The number of nitrogens with one attached hydrogen (secondary N) is 1. The van der Waals surface area contributed by atoms with Gasteiger partial charge in [0.25, 0.3) is 11.8 Å². The summed E-state index contributed by atoms with van der Waals surface area (Å²) in [5.74, 6) is 0.265. The molecule has 1 N–H and O–H groups in total. The number of anilines is 1. The molecular formula is C29H27BrN2O6. The number of rotatable bonds is 9. The average Bonchev–Trinajstić information content (AvgIpc) is 2.90. The molecule has 0 unspecified atom stereocenters. The van der Waals surface area contributed by atoms with Crippen LogP contribution in [0.25, 0.3) is 6.08 Å². The fraction of sp³-hybridized carbons (Fsp3) is 0.207. The summed E-state index contributed by atoms with van der Waals surface area (Å²) < 4.78 is 17.7. The van der Waals surface area contributed by atoms with Crippen LogP contribution in [0.3, 0.4) is 0 Å². The maximum Gasteiger partial charge on any atom is 0.335 e. The van der Waals surface area contributed by atoms with Crippen molar-refractivity contribution in [2.45, 2.75) is 20.3 Å². The summed E-state index contributed by atoms with van der Waals surface area (Å²) in [7, 11) is 1.52. The van der Waals surface area contributed by atoms with Crippen LogP contribution in [0.4, 0.5) is 10.5 Å². The molecule has 0 saturated carbocycles. The van der Waals surface area contributed by atoms with E-state index in [1.165, 1.54) is 18.7 Å². The standard InChI is InChI=1S/C29H27BrN2O6/c1-4-19-13-18(2)14-24(15-19)37-11-12-38-26-10-5-21(30)16-20(26)17-25-27(33)31-29(35)32(28(25)34)22-6-8-23(36-3)9-7-22/h5-10,13-17H,4,11-12H2,1-3H3,(H,31,33,35)/b25-17-. The Morgan fingerprint density at radius 2 is 1.66 bits per heavy atom. The molecule has 3 aromatic rings. The number of methoxy groups -OCH3 is 1. The predicted molar refractivity (Wildman–Crippen MR) is 148 cm³/mol. The first-order valence-electron chi connectivity index (χ1n) is 12.0. The minimum atomic E-state index is -0.826. The number of nitrogens with zero attached hydrogens (tertiary/aromatic N) is 1. The van der Waals surface area contributed by atoms with E-state index in [9.17, 15) is 14.4 Å². The molecule has 0 bridgehead atoms. The van der Waals surface area contributed by atoms with E-state index in [1.54, 1.807) is 42.5 Å². The third kappa shape index (κ3) is 6.23. The number of benzene rings is 3. The Kier molecular flexibility index (Phi) is 8.48. The lowest BCUT2D eigenvalue weighted by molar-refractivity contribution is -0.122. The first kappa shape index (κ1) is 26.9. The van der Waals surface area contributed by atoms with Crippen molar-refractivity contribution in [3.05, 3.63) is 87.4 Å². The molecule has 0 spiro atoms. The number of amides is 4. The van der Waals surface area contributed by atoms with Crippen LogP contribution in [-0.2, 0) is 16.0 Å². The van der Waals surface area contributed by atoms with Crippen LogP contribution in [-0.4, -0.2) is 38.2 Å². The molecule has 0 radical (unpaired) electrons. The molecule has 1 heterocycles. The average molecular weight is 579 g/mol. The van der Waals surface area contributed by atoms with E-state index in [4.69, 9.17) is 14.2 Å². The van der Waals surface area contributed by atoms with E-state index >= 15 is 0 Å². The molecule has 0 atom stereocenters. The van der Waals surface area contributed by atoms with Crippen molar-refractivity contribution in [2.75, 3.05) is 25.2 Å². The Morgan fingerprint density at radius 1 is 0.921 bits per heavy atom. The molecule has 9 heteroatoms. The van der Waals surface area contributed by atoms with Crippen molar-refractivity contribution in [3.63, 3.8) is 0 Å². The Labute approximate surface area is 229 Å². The summed E-state index contributed by atoms with van der Waals surface area (Å²) in [6.45, 7) is 4.66. The molecule has 8 nitrogen and oxygen atoms in total. The van der Waals surface area contributed by atoms with Crippen LogP contribution in [0.15, 0.2) is 70.7 Å². The largest absolute Gasteiger partial charge is 0.497 e. The van der Waals surface area contributed by atoms with Crippen LogP contribution in [0.1, 0.15) is 23.6 Å². The van der Waals surface area contributed by atoms with Crippen molar-refractivity contribution in [1.82, 2.24) is 5.32 Å². The number of hydrogen-bond acceptors (Lipinski definition) is 6. The highest BCUT2D eigenvalue weighted by molar-refractivity contribution is 9.10. The fourth-order valence-corrected chi connectivity index (χ4v) is 4.34. The highest BCUT2D eigenvalue weighted by atomic mass is 79.9. The molecule has 1 saturated heterocycles. The minimum absolute atomic E-state index is 0.202. The topological polar surface area (TPSA) is 94.2 Å². The summed E-state index contributed by atoms with van der Waals surface area (Å²) in [4.78, 5) is 39.3. The van der Waals surface area contributed by atoms with E-state index in [1.807, 2.05) is 19.1 Å². The molecule has 1 fully saturated rings. The summed E-state index contributed by atoms with van der Waals surface area (Å²) in [6.07, 6.45) is 2.33. The van der Waals surface area contributed by atoms with Crippen molar-refractivity contribution in [3.8, 4) is 17.2 Å². The second-order valence-electron chi connectivity index (χ2n) is 8.54. The number of urea groups is 1. The SMILES string of the molecule is CCc1cc(C)cc(OCCOc2ccc(Br)cc2/C=C2/C(=O)NC(=O)N(c3ccc(OC)cc3)C2=O)c1. The number of barbiturate groups is 1. The van der Waals surface area contributed by atoms with Gasteiger partial charge < -0.3 is 14.2 Å². The van der Waals surface area contributed by atoms with Crippen LogP contribution in [0.2, 0.25) is 0 Å². The van der Waals surface area contributed by atoms with E-state index in [-0.39, 0.29) is 12.2 Å². The lowest BCUT2D eigenvalue weighted by atomic mass is 10.1. The van der Waals surface area contributed by atoms with Gasteiger partial charge in [0.1, 0.15) is 36.0 Å². The van der Waals surface area contributed by atoms with E-state index in [0.29, 0.717) is 29.4 Å². The maximum atomic E-state index is 13.3. The Bertz CT molecular complexity index is 1400. The van der Waals surface area contributed by atoms with Gasteiger partial charge in [-0.3, -0.25) is 14.9 Å². The zero-order valence-electron chi connectivity index (χ0n) is 21.2. The molecule has 0 aromatic heterocycles. The third-order valence-corrected chi connectivity index (χ3v) is 6.33. The number of ether oxygens (including phenoxy) is 3. The number of aryl methyl sites for hydroxylation is 2. The van der Waals surface area contributed by atoms with Gasteiger partial charge in [-0.05, 0) is 85.1 Å². The quantitative estimate of drug-likeness (QED) is 0.206. The smallest absolute Gasteiger partial charge is 0.335 e. The number of hydrogen-bond donors (Lipinski definition) is 1. The first-order valence-corrected chi connectivity index (χ1v) is 12.8.